The lowest BCUT2D eigenvalue weighted by Gasteiger charge is -2.47. The van der Waals surface area contributed by atoms with Gasteiger partial charge in [0.25, 0.3) is 20.6 Å². The zero-order chi connectivity index (χ0) is 94.3. The van der Waals surface area contributed by atoms with E-state index in [-0.39, 0.29) is 77.2 Å². The molecule has 5 aliphatic rings. The lowest BCUT2D eigenvalue weighted by atomic mass is 9.77. The lowest BCUT2D eigenvalue weighted by Crippen LogP contribution is -2.60. The van der Waals surface area contributed by atoms with Crippen molar-refractivity contribution in [2.75, 3.05) is 130 Å². The summed E-state index contributed by atoms with van der Waals surface area (Å²) in [5.74, 6) is 4.39. The Bertz CT molecular complexity index is 4870. The van der Waals surface area contributed by atoms with Crippen LogP contribution in [-0.2, 0) is 48.7 Å². The number of rotatable bonds is 35. The molecule has 4 heterocycles. The van der Waals surface area contributed by atoms with Crippen molar-refractivity contribution >= 4 is 31.0 Å². The molecule has 1 amide bonds. The minimum absolute atomic E-state index is 0.0324. The molecule has 25 nitrogen and oxygen atoms in total. The van der Waals surface area contributed by atoms with Crippen molar-refractivity contribution in [2.24, 2.45) is 5.92 Å². The Labute approximate surface area is 766 Å². The number of nitrogens with zero attached hydrogens (tertiary/aromatic N) is 6. The SMILES string of the molecule is [C-]#[N+]C(C1Cc2c(OC)c(C)c(OC)c(O)c2C(C(C)Cc2cc(O)c(OC)c(C)c2OC)N1C)N1CCO[C@@H](CCO[Si](C)(C(C)C)C(C)C)C1.[C-]#[N+]C(C1Cc2c(OC)c(C)c(OC)c(O)c2C(C(Cc2cc(O[Si](C)(C)C(C)(C)C)c(OC)c(C)c2OC)NC(=O)OCC2c3ccccc3-c3ccccc32)N1C)N1CCO[C@@H](CCO[Si](C)(C(C)C)C(C)C)C1. The summed E-state index contributed by atoms with van der Waals surface area (Å²) < 4.78 is 87.1. The van der Waals surface area contributed by atoms with Crippen molar-refractivity contribution in [3.8, 4) is 80.1 Å². The molecule has 2 saturated heterocycles. The second kappa shape index (κ2) is 42.8. The molecule has 4 N–H and O–H groups in total. The highest BCUT2D eigenvalue weighted by Crippen LogP contribution is 2.57. The first-order valence-corrected chi connectivity index (χ1v) is 53.7. The fourth-order valence-electron chi connectivity index (χ4n) is 20.4. The summed E-state index contributed by atoms with van der Waals surface area (Å²) >= 11 is 0. The van der Waals surface area contributed by atoms with E-state index in [1.807, 2.05) is 72.1 Å². The molecule has 10 atom stereocenters. The fourth-order valence-corrected chi connectivity index (χ4v) is 26.6. The predicted molar refractivity (Wildman–Crippen MR) is 513 cm³/mol. The molecule has 6 aromatic carbocycles. The van der Waals surface area contributed by atoms with E-state index in [9.17, 15) is 20.1 Å². The summed E-state index contributed by atoms with van der Waals surface area (Å²) in [5.41, 5.74) is 13.7. The molecule has 28 heteroatoms. The Morgan fingerprint density at radius 3 is 1.34 bits per heavy atom. The summed E-state index contributed by atoms with van der Waals surface area (Å²) in [6, 6.07) is 17.6. The van der Waals surface area contributed by atoms with Crippen LogP contribution in [0.4, 0.5) is 4.79 Å². The number of carbonyl (C=O) groups excluding carboxylic acids is 1. The van der Waals surface area contributed by atoms with Crippen LogP contribution in [0.1, 0.15) is 181 Å². The van der Waals surface area contributed by atoms with Crippen LogP contribution in [0.3, 0.4) is 0 Å². The first-order chi connectivity index (χ1) is 60.6. The predicted octanol–water partition coefficient (Wildman–Crippen LogP) is 19.5. The van der Waals surface area contributed by atoms with Crippen molar-refractivity contribution in [1.29, 1.82) is 0 Å². The maximum Gasteiger partial charge on any atom is 0.407 e. The fraction of sp³-hybridized carbons (Fsp3) is 0.610. The standard InChI is InChI=1S/C60H86N4O10Si2.C40H63N3O8Si/c1-36(2)76(18,37(3)4)73-29-27-41-34-64(28-30-71-41)58(61-10)49-33-46-51(53(65)57(70-15)39(6)55(46)68-13)52(63(49)11)48(31-40-32-50(74-75(16,17)60(7,8)9)56(69-14)38(5)54(40)67-12)62-59(66)72-35-47-44-25-21-19-23-42(44)43-24-20-22-26-45(43)47;1-23(2)52(14,24(3)4)51-17-15-29-22-43(16-18-50-29)40(41-8)31-21-30-33(35(45)39(49-13)27(7)37(30)47-11)34(42(31)9)25(5)19-28-20-32(44)38(48-12)26(6)36(28)46-10/h19-26,32,36-37,41,47-49,52,58,65H,27-31,33-35H2,1-9,11-18H3,(H,62,66);20,23-25,29,31,34,40,44-45H,15-19,21-22H2,1-7,9-14H3/t41-,48?,49?,52?,58?;25?,29-,31?,34?,40?/m00/s1. The minimum Gasteiger partial charge on any atom is -0.541 e. The zero-order valence-electron chi connectivity index (χ0n) is 82.2. The molecule has 0 saturated carbocycles. The molecule has 0 bridgehead atoms. The number of likely N-dealkylation sites (N-methyl/N-ethyl adjacent to an activating group) is 2. The van der Waals surface area contributed by atoms with Crippen LogP contribution >= 0.6 is 0 Å². The second-order valence-corrected chi connectivity index (χ2v) is 53.4. The summed E-state index contributed by atoms with van der Waals surface area (Å²) in [5, 5.41) is 38.6. The van der Waals surface area contributed by atoms with E-state index >= 15 is 0 Å². The van der Waals surface area contributed by atoms with Crippen LogP contribution < -0.4 is 47.6 Å². The quantitative estimate of drug-likeness (QED) is 0.0214. The Kier molecular flexibility index (Phi) is 34.0. The highest BCUT2D eigenvalue weighted by Gasteiger charge is 2.53. The van der Waals surface area contributed by atoms with E-state index in [0.29, 0.717) is 163 Å². The third kappa shape index (κ3) is 20.6. The number of amides is 1. The summed E-state index contributed by atoms with van der Waals surface area (Å²) in [4.78, 5) is 32.6. The van der Waals surface area contributed by atoms with Gasteiger partial charge in [-0.1, -0.05) is 132 Å². The Hall–Kier alpha value is -8.50. The number of phenols is 3. The van der Waals surface area contributed by atoms with E-state index in [0.717, 1.165) is 67.6 Å². The highest BCUT2D eigenvalue weighted by atomic mass is 28.4. The van der Waals surface area contributed by atoms with Crippen LogP contribution in [0.5, 0.6) is 69.0 Å². The Morgan fingerprint density at radius 2 is 0.930 bits per heavy atom. The number of fused-ring (bicyclic) bond motifs is 5. The molecule has 704 valence electrons. The monoisotopic (exact) mass is 1820 g/mol. The molecule has 4 aliphatic heterocycles. The molecule has 6 aromatic rings. The number of alkyl carbamates (subject to hydrolysis) is 1. The number of carbonyl (C=O) groups is 1. The van der Waals surface area contributed by atoms with Gasteiger partial charge in [0, 0.05) is 114 Å². The summed E-state index contributed by atoms with van der Waals surface area (Å²) in [7, 11) is 10.5. The summed E-state index contributed by atoms with van der Waals surface area (Å²) in [6.45, 7) is 65.7. The van der Waals surface area contributed by atoms with E-state index in [1.165, 1.54) is 14.2 Å². The van der Waals surface area contributed by atoms with Crippen molar-refractivity contribution in [3.05, 3.63) is 150 Å². The number of ether oxygens (including phenoxy) is 11. The first-order valence-electron chi connectivity index (χ1n) is 45.7. The van der Waals surface area contributed by atoms with E-state index in [1.54, 1.807) is 48.7 Å². The molecule has 2 fully saturated rings. The van der Waals surface area contributed by atoms with Gasteiger partial charge in [-0.25, -0.2) is 27.7 Å². The maximum absolute atomic E-state index is 14.9. The van der Waals surface area contributed by atoms with Gasteiger partial charge in [0.2, 0.25) is 0 Å². The van der Waals surface area contributed by atoms with Crippen LogP contribution in [-0.4, -0.2) is 239 Å². The van der Waals surface area contributed by atoms with E-state index in [2.05, 4.69) is 168 Å². The van der Waals surface area contributed by atoms with Crippen LogP contribution in [0.25, 0.3) is 20.8 Å². The van der Waals surface area contributed by atoms with Crippen molar-refractivity contribution < 1.29 is 85.5 Å². The average molecular weight is 1820 g/mol. The number of hydrogen-bond donors (Lipinski definition) is 4. The first kappa shape index (κ1) is 102. The van der Waals surface area contributed by atoms with Gasteiger partial charge in [-0.2, -0.15) is 0 Å². The van der Waals surface area contributed by atoms with Gasteiger partial charge in [-0.05, 0) is 167 Å². The molecule has 128 heavy (non-hydrogen) atoms. The number of aromatic hydroxyl groups is 3. The number of phenolic OH excluding ortho intramolecular Hbond substituents is 3. The van der Waals surface area contributed by atoms with Crippen LogP contribution in [0, 0.1) is 46.8 Å². The molecular weight excluding hydrogens is 1670 g/mol. The third-order valence-electron chi connectivity index (χ3n) is 29.5. The van der Waals surface area contributed by atoms with Gasteiger partial charge in [0.15, 0.2) is 56.9 Å². The van der Waals surface area contributed by atoms with Gasteiger partial charge in [-0.15, -0.1) is 0 Å². The van der Waals surface area contributed by atoms with Crippen molar-refractivity contribution in [1.82, 2.24) is 24.9 Å². The zero-order valence-corrected chi connectivity index (χ0v) is 85.2. The Balaban J connectivity index is 0.000000287. The average Bonchev–Trinajstić information content (AvgIpc) is 1.08. The lowest BCUT2D eigenvalue weighted by molar-refractivity contribution is -0.0603. The van der Waals surface area contributed by atoms with Gasteiger partial charge in [0.05, 0.1) is 94.4 Å². The van der Waals surface area contributed by atoms with E-state index < -0.39 is 61.5 Å². The Morgan fingerprint density at radius 1 is 0.539 bits per heavy atom. The van der Waals surface area contributed by atoms with E-state index in [4.69, 9.17) is 78.5 Å². The molecule has 8 unspecified atom stereocenters. The molecule has 0 aromatic heterocycles. The molecule has 11 rings (SSSR count). The van der Waals surface area contributed by atoms with Gasteiger partial charge in [0.1, 0.15) is 47.4 Å². The van der Waals surface area contributed by atoms with Crippen molar-refractivity contribution in [3.63, 3.8) is 0 Å². The largest absolute Gasteiger partial charge is 0.541 e. The minimum atomic E-state index is -2.43. The normalized spacial score (nSPS) is 19.9. The number of benzene rings is 6. The van der Waals surface area contributed by atoms with Gasteiger partial charge in [-0.3, -0.25) is 19.5 Å². The van der Waals surface area contributed by atoms with Gasteiger partial charge >= 0.3 is 6.09 Å². The number of hydrogen-bond acceptors (Lipinski definition) is 22. The number of nitrogens with one attached hydrogen (secondary N) is 1. The second-order valence-electron chi connectivity index (χ2n) is 38.7. The topological polar surface area (TPSA) is 241 Å². The van der Waals surface area contributed by atoms with Crippen LogP contribution in [0.2, 0.25) is 53.4 Å². The number of morpholine rings is 2. The third-order valence-corrected chi connectivity index (χ3v) is 44.7. The molecule has 1 aliphatic carbocycles. The highest BCUT2D eigenvalue weighted by molar-refractivity contribution is 6.76. The number of methoxy groups -OCH3 is 8. The maximum atomic E-state index is 14.9. The molecular formula is C100H149N7O18Si3. The smallest absolute Gasteiger partial charge is 0.407 e. The molecule has 0 spiro atoms. The van der Waals surface area contributed by atoms with Crippen LogP contribution in [0.15, 0.2) is 60.7 Å². The summed E-state index contributed by atoms with van der Waals surface area (Å²) in [6.07, 6.45) is 1.15. The van der Waals surface area contributed by atoms with Crippen molar-refractivity contribution in [2.45, 2.75) is 263 Å². The molecule has 0 radical (unpaired) electrons. The van der Waals surface area contributed by atoms with Gasteiger partial charge < -0.3 is 86.0 Å².